The fourth-order valence-corrected chi connectivity index (χ4v) is 4.28. The molecule has 30 heavy (non-hydrogen) atoms. The van der Waals surface area contributed by atoms with E-state index >= 15 is 0 Å². The van der Waals surface area contributed by atoms with Gasteiger partial charge in [0.2, 0.25) is 5.91 Å². The molecule has 1 aliphatic rings. The summed E-state index contributed by atoms with van der Waals surface area (Å²) < 4.78 is 28.2. The number of likely N-dealkylation sites (tertiary alicyclic amines) is 1. The van der Waals surface area contributed by atoms with E-state index in [9.17, 15) is 13.6 Å². The third kappa shape index (κ3) is 4.41. The number of nitriles is 1. The average molecular weight is 432 g/mol. The van der Waals surface area contributed by atoms with Crippen molar-refractivity contribution < 1.29 is 13.6 Å². The number of carbonyl (C=O) groups is 1. The van der Waals surface area contributed by atoms with Gasteiger partial charge in [-0.1, -0.05) is 37.6 Å². The molecule has 2 aromatic carbocycles. The highest BCUT2D eigenvalue weighted by molar-refractivity contribution is 6.32. The lowest BCUT2D eigenvalue weighted by Crippen LogP contribution is -2.40. The summed E-state index contributed by atoms with van der Waals surface area (Å²) in [5, 5.41) is 9.43. The largest absolute Gasteiger partial charge is 0.362 e. The van der Waals surface area contributed by atoms with Gasteiger partial charge in [0, 0.05) is 36.8 Å². The van der Waals surface area contributed by atoms with E-state index in [2.05, 4.69) is 13.8 Å². The third-order valence-corrected chi connectivity index (χ3v) is 6.05. The van der Waals surface area contributed by atoms with Crippen molar-refractivity contribution >= 4 is 23.2 Å². The average Bonchev–Trinajstić information content (AvgIpc) is 3.11. The van der Waals surface area contributed by atoms with Crippen LogP contribution in [0.4, 0.5) is 14.5 Å². The summed E-state index contributed by atoms with van der Waals surface area (Å²) in [6.45, 7) is 4.68. The topological polar surface area (TPSA) is 47.3 Å². The predicted molar refractivity (Wildman–Crippen MR) is 113 cm³/mol. The zero-order chi connectivity index (χ0) is 21.8. The van der Waals surface area contributed by atoms with Gasteiger partial charge in [-0.2, -0.15) is 5.26 Å². The lowest BCUT2D eigenvalue weighted by molar-refractivity contribution is -0.129. The highest BCUT2D eigenvalue weighted by atomic mass is 35.5. The van der Waals surface area contributed by atoms with E-state index in [1.165, 1.54) is 12.1 Å². The Bertz CT molecular complexity index is 971. The lowest BCUT2D eigenvalue weighted by Gasteiger charge is -2.33. The first-order valence-electron chi connectivity index (χ1n) is 10.1. The van der Waals surface area contributed by atoms with Gasteiger partial charge in [-0.25, -0.2) is 8.78 Å². The standard InChI is InChI=1S/C23H24ClF2N3O/c1-3-17(4-2)29-14-19(11-22(29)30)28(13-16-6-5-7-21(25)23(16)26)18-9-8-15(12-27)20(24)10-18/h5-10,17,19H,3-4,11,13-14H2,1-2H3/t19-/m0/s1. The predicted octanol–water partition coefficient (Wildman–Crippen LogP) is 5.29. The molecule has 0 radical (unpaired) electrons. The Labute approximate surface area is 180 Å². The SMILES string of the molecule is CCC(CC)N1C[C@@H](N(Cc2cccc(F)c2F)c2ccc(C#N)c(Cl)c2)CC1=O. The molecule has 2 aromatic rings. The Morgan fingerprint density at radius 3 is 2.63 bits per heavy atom. The maximum absolute atomic E-state index is 14.4. The first kappa shape index (κ1) is 22.0. The van der Waals surface area contributed by atoms with Crippen LogP contribution in [0.5, 0.6) is 0 Å². The van der Waals surface area contributed by atoms with Gasteiger partial charge < -0.3 is 9.80 Å². The van der Waals surface area contributed by atoms with Crippen molar-refractivity contribution in [3.63, 3.8) is 0 Å². The van der Waals surface area contributed by atoms with E-state index in [0.29, 0.717) is 17.8 Å². The van der Waals surface area contributed by atoms with Crippen molar-refractivity contribution in [1.82, 2.24) is 4.90 Å². The Morgan fingerprint density at radius 2 is 2.00 bits per heavy atom. The summed E-state index contributed by atoms with van der Waals surface area (Å²) in [5.41, 5.74) is 1.19. The molecule has 1 saturated heterocycles. The molecular weight excluding hydrogens is 408 g/mol. The van der Waals surface area contributed by atoms with Crippen LogP contribution >= 0.6 is 11.6 Å². The van der Waals surface area contributed by atoms with E-state index in [1.54, 1.807) is 18.2 Å². The second kappa shape index (κ2) is 9.44. The second-order valence-electron chi connectivity index (χ2n) is 7.49. The van der Waals surface area contributed by atoms with Crippen molar-refractivity contribution in [2.24, 2.45) is 0 Å². The molecule has 0 bridgehead atoms. The van der Waals surface area contributed by atoms with Crippen LogP contribution in [0.3, 0.4) is 0 Å². The van der Waals surface area contributed by atoms with Crippen LogP contribution in [-0.2, 0) is 11.3 Å². The lowest BCUT2D eigenvalue weighted by atomic mass is 10.1. The minimum absolute atomic E-state index is 0.0538. The maximum atomic E-state index is 14.4. The monoisotopic (exact) mass is 431 g/mol. The molecule has 4 nitrogen and oxygen atoms in total. The first-order valence-corrected chi connectivity index (χ1v) is 10.5. The van der Waals surface area contributed by atoms with Crippen molar-refractivity contribution in [3.8, 4) is 6.07 Å². The van der Waals surface area contributed by atoms with Crippen LogP contribution in [0.2, 0.25) is 5.02 Å². The Kier molecular flexibility index (Phi) is 6.94. The van der Waals surface area contributed by atoms with E-state index in [-0.39, 0.29) is 41.5 Å². The van der Waals surface area contributed by atoms with Gasteiger partial charge in [-0.05, 0) is 37.1 Å². The molecule has 0 saturated carbocycles. The molecule has 0 spiro atoms. The zero-order valence-corrected chi connectivity index (χ0v) is 17.8. The van der Waals surface area contributed by atoms with Crippen LogP contribution in [0, 0.1) is 23.0 Å². The third-order valence-electron chi connectivity index (χ3n) is 5.74. The molecule has 158 valence electrons. The van der Waals surface area contributed by atoms with Gasteiger partial charge in [0.1, 0.15) is 6.07 Å². The van der Waals surface area contributed by atoms with Crippen molar-refractivity contribution in [3.05, 3.63) is 64.2 Å². The minimum atomic E-state index is -0.911. The number of rotatable bonds is 7. The quantitative estimate of drug-likeness (QED) is 0.598. The highest BCUT2D eigenvalue weighted by Gasteiger charge is 2.36. The maximum Gasteiger partial charge on any atom is 0.225 e. The molecule has 0 aliphatic carbocycles. The fraction of sp³-hybridized carbons (Fsp3) is 0.391. The Hall–Kier alpha value is -2.65. The summed E-state index contributed by atoms with van der Waals surface area (Å²) in [5.74, 6) is -1.76. The molecule has 1 atom stereocenters. The summed E-state index contributed by atoms with van der Waals surface area (Å²) in [6.07, 6.45) is 2.00. The van der Waals surface area contributed by atoms with Crippen molar-refractivity contribution in [2.45, 2.75) is 51.7 Å². The summed E-state index contributed by atoms with van der Waals surface area (Å²) in [7, 11) is 0. The second-order valence-corrected chi connectivity index (χ2v) is 7.90. The molecule has 1 fully saturated rings. The van der Waals surface area contributed by atoms with Gasteiger partial charge >= 0.3 is 0 Å². The molecule has 0 unspecified atom stereocenters. The van der Waals surface area contributed by atoms with Crippen LogP contribution in [0.25, 0.3) is 0 Å². The van der Waals surface area contributed by atoms with Crippen LogP contribution in [0.15, 0.2) is 36.4 Å². The number of nitrogens with zero attached hydrogens (tertiary/aromatic N) is 3. The molecule has 0 N–H and O–H groups in total. The minimum Gasteiger partial charge on any atom is -0.362 e. The molecule has 3 rings (SSSR count). The van der Waals surface area contributed by atoms with E-state index in [4.69, 9.17) is 16.9 Å². The Balaban J connectivity index is 1.98. The van der Waals surface area contributed by atoms with Gasteiger partial charge in [-0.3, -0.25) is 4.79 Å². The van der Waals surface area contributed by atoms with Gasteiger partial charge in [-0.15, -0.1) is 0 Å². The molecule has 7 heteroatoms. The molecule has 1 amide bonds. The van der Waals surface area contributed by atoms with Gasteiger partial charge in [0.15, 0.2) is 11.6 Å². The fourth-order valence-electron chi connectivity index (χ4n) is 4.06. The molecular formula is C23H24ClF2N3O. The van der Waals surface area contributed by atoms with E-state index in [0.717, 1.165) is 18.9 Å². The number of hydrogen-bond acceptors (Lipinski definition) is 3. The Morgan fingerprint density at radius 1 is 1.27 bits per heavy atom. The summed E-state index contributed by atoms with van der Waals surface area (Å²) in [6, 6.07) is 11.0. The number of anilines is 1. The number of carbonyl (C=O) groups excluding carboxylic acids is 1. The molecule has 1 aliphatic heterocycles. The zero-order valence-electron chi connectivity index (χ0n) is 17.0. The molecule has 1 heterocycles. The smallest absolute Gasteiger partial charge is 0.225 e. The first-order chi connectivity index (χ1) is 14.4. The van der Waals surface area contributed by atoms with Gasteiger partial charge in [0.25, 0.3) is 0 Å². The van der Waals surface area contributed by atoms with Crippen LogP contribution in [0.1, 0.15) is 44.2 Å². The number of hydrogen-bond donors (Lipinski definition) is 0. The number of halogens is 3. The van der Waals surface area contributed by atoms with E-state index in [1.807, 2.05) is 15.9 Å². The van der Waals surface area contributed by atoms with Crippen molar-refractivity contribution in [2.75, 3.05) is 11.4 Å². The normalized spacial score (nSPS) is 16.2. The number of benzene rings is 2. The van der Waals surface area contributed by atoms with Crippen molar-refractivity contribution in [1.29, 1.82) is 5.26 Å². The van der Waals surface area contributed by atoms with E-state index < -0.39 is 11.6 Å². The number of amides is 1. The molecule has 0 aromatic heterocycles. The van der Waals surface area contributed by atoms with Gasteiger partial charge in [0.05, 0.1) is 16.6 Å². The highest BCUT2D eigenvalue weighted by Crippen LogP contribution is 2.31. The van der Waals surface area contributed by atoms with Crippen LogP contribution < -0.4 is 4.90 Å². The summed E-state index contributed by atoms with van der Waals surface area (Å²) >= 11 is 6.23. The summed E-state index contributed by atoms with van der Waals surface area (Å²) in [4.78, 5) is 16.5. The van der Waals surface area contributed by atoms with Crippen LogP contribution in [-0.4, -0.2) is 29.4 Å².